The lowest BCUT2D eigenvalue weighted by molar-refractivity contribution is -0.123. The average molecular weight is 464 g/mol. The maximum Gasteiger partial charge on any atom is 0.258 e. The first kappa shape index (κ1) is 22.7. The molecule has 3 aromatic carbocycles. The van der Waals surface area contributed by atoms with E-state index in [1.807, 2.05) is 85.8 Å². The van der Waals surface area contributed by atoms with E-state index in [1.54, 1.807) is 0 Å². The molecular formula is C26H26ClN3O3. The summed E-state index contributed by atoms with van der Waals surface area (Å²) in [5.41, 5.74) is 1.92. The largest absolute Gasteiger partial charge is 0.494 e. The normalized spacial score (nSPS) is 11.8. The molecule has 0 radical (unpaired) electrons. The van der Waals surface area contributed by atoms with Crippen LogP contribution in [0.5, 0.6) is 11.5 Å². The summed E-state index contributed by atoms with van der Waals surface area (Å²) in [6.07, 6.45) is 0.785. The average Bonchev–Trinajstić information content (AvgIpc) is 3.21. The number of rotatable bonds is 10. The Morgan fingerprint density at radius 3 is 2.45 bits per heavy atom. The fraction of sp³-hybridized carbons (Fsp3) is 0.231. The molecular weight excluding hydrogens is 438 g/mol. The first-order chi connectivity index (χ1) is 16.1. The number of halogens is 1. The molecule has 0 saturated carbocycles. The van der Waals surface area contributed by atoms with Crippen molar-refractivity contribution in [2.75, 3.05) is 13.2 Å². The zero-order valence-electron chi connectivity index (χ0n) is 18.4. The number of carbonyl (C=O) groups excluding carboxylic acids is 1. The molecule has 1 unspecified atom stereocenters. The lowest BCUT2D eigenvalue weighted by atomic mass is 10.3. The third-order valence-electron chi connectivity index (χ3n) is 5.17. The van der Waals surface area contributed by atoms with E-state index in [9.17, 15) is 4.79 Å². The third-order valence-corrected chi connectivity index (χ3v) is 5.42. The number of hydrogen-bond donors (Lipinski definition) is 1. The van der Waals surface area contributed by atoms with Crippen molar-refractivity contribution in [3.63, 3.8) is 0 Å². The minimum Gasteiger partial charge on any atom is -0.494 e. The minimum atomic E-state index is -0.276. The van der Waals surface area contributed by atoms with Gasteiger partial charge in [0.1, 0.15) is 17.3 Å². The van der Waals surface area contributed by atoms with E-state index in [2.05, 4.69) is 9.88 Å². The van der Waals surface area contributed by atoms with Crippen molar-refractivity contribution in [2.24, 2.45) is 0 Å². The lowest BCUT2D eigenvalue weighted by Crippen LogP contribution is -2.32. The van der Waals surface area contributed by atoms with Gasteiger partial charge in [-0.25, -0.2) is 4.98 Å². The molecule has 4 rings (SSSR count). The molecule has 0 fully saturated rings. The van der Waals surface area contributed by atoms with Crippen LogP contribution in [-0.4, -0.2) is 28.7 Å². The number of ether oxygens (including phenoxy) is 2. The Morgan fingerprint density at radius 1 is 0.970 bits per heavy atom. The van der Waals surface area contributed by atoms with Gasteiger partial charge in [-0.3, -0.25) is 4.79 Å². The number of para-hydroxylation sites is 3. The van der Waals surface area contributed by atoms with Crippen LogP contribution in [0.25, 0.3) is 11.0 Å². The van der Waals surface area contributed by atoms with Crippen molar-refractivity contribution in [3.05, 3.63) is 89.7 Å². The van der Waals surface area contributed by atoms with E-state index >= 15 is 0 Å². The summed E-state index contributed by atoms with van der Waals surface area (Å²) >= 11 is 5.93. The highest BCUT2D eigenvalue weighted by Gasteiger charge is 2.18. The zero-order valence-corrected chi connectivity index (χ0v) is 19.2. The maximum atomic E-state index is 12.5. The molecule has 0 aliphatic rings. The number of aryl methyl sites for hydroxylation is 1. The number of nitrogens with one attached hydrogen (secondary N) is 1. The van der Waals surface area contributed by atoms with Gasteiger partial charge in [-0.1, -0.05) is 41.9 Å². The zero-order chi connectivity index (χ0) is 23.0. The highest BCUT2D eigenvalue weighted by atomic mass is 35.5. The molecule has 1 N–H and O–H groups in total. The van der Waals surface area contributed by atoms with Gasteiger partial charge in [-0.15, -0.1) is 0 Å². The number of amides is 1. The van der Waals surface area contributed by atoms with Gasteiger partial charge in [0, 0.05) is 11.6 Å². The molecule has 6 nitrogen and oxygen atoms in total. The van der Waals surface area contributed by atoms with Crippen LogP contribution in [0.1, 0.15) is 25.2 Å². The van der Waals surface area contributed by atoms with Crippen molar-refractivity contribution in [2.45, 2.75) is 25.9 Å². The van der Waals surface area contributed by atoms with E-state index in [0.717, 1.165) is 29.0 Å². The van der Waals surface area contributed by atoms with Crippen molar-refractivity contribution in [3.8, 4) is 11.5 Å². The number of benzene rings is 3. The van der Waals surface area contributed by atoms with Crippen LogP contribution >= 0.6 is 11.6 Å². The molecule has 0 spiro atoms. The second kappa shape index (κ2) is 10.9. The topological polar surface area (TPSA) is 65.4 Å². The molecule has 1 aromatic heterocycles. The standard InChI is InChI=1S/C26H26ClN3O3/c1-19(28-25(31)18-33-21-8-3-2-4-9-21)26-29-23-10-5-6-11-24(23)30(26)16-7-17-32-22-14-12-20(27)13-15-22/h2-6,8-15,19H,7,16-18H2,1H3,(H,28,31). The van der Waals surface area contributed by atoms with E-state index in [-0.39, 0.29) is 18.6 Å². The molecule has 0 bridgehead atoms. The summed E-state index contributed by atoms with van der Waals surface area (Å²) in [6, 6.07) is 24.3. The van der Waals surface area contributed by atoms with Gasteiger partial charge >= 0.3 is 0 Å². The van der Waals surface area contributed by atoms with Crippen molar-refractivity contribution >= 4 is 28.5 Å². The number of nitrogens with zero attached hydrogens (tertiary/aromatic N) is 2. The summed E-state index contributed by atoms with van der Waals surface area (Å²) in [7, 11) is 0. The molecule has 170 valence electrons. The van der Waals surface area contributed by atoms with Crippen molar-refractivity contribution in [1.82, 2.24) is 14.9 Å². The fourth-order valence-electron chi connectivity index (χ4n) is 3.62. The van der Waals surface area contributed by atoms with Crippen LogP contribution in [-0.2, 0) is 11.3 Å². The predicted molar refractivity (Wildman–Crippen MR) is 130 cm³/mol. The van der Waals surface area contributed by atoms with Crippen LogP contribution in [0.15, 0.2) is 78.9 Å². The summed E-state index contributed by atoms with van der Waals surface area (Å²) in [5.74, 6) is 2.05. The Morgan fingerprint density at radius 2 is 1.67 bits per heavy atom. The Balaban J connectivity index is 1.39. The van der Waals surface area contributed by atoms with Crippen LogP contribution in [0, 0.1) is 0 Å². The molecule has 1 amide bonds. The van der Waals surface area contributed by atoms with Gasteiger partial charge in [0.25, 0.3) is 5.91 Å². The van der Waals surface area contributed by atoms with Crippen LogP contribution in [0.4, 0.5) is 0 Å². The maximum absolute atomic E-state index is 12.5. The Kier molecular flexibility index (Phi) is 7.47. The fourth-order valence-corrected chi connectivity index (χ4v) is 3.74. The summed E-state index contributed by atoms with van der Waals surface area (Å²) < 4.78 is 13.5. The SMILES string of the molecule is CC(NC(=O)COc1ccccc1)c1nc2ccccc2n1CCCOc1ccc(Cl)cc1. The monoisotopic (exact) mass is 463 g/mol. The van der Waals surface area contributed by atoms with Gasteiger partial charge in [0.15, 0.2) is 6.61 Å². The van der Waals surface area contributed by atoms with Crippen LogP contribution < -0.4 is 14.8 Å². The quantitative estimate of drug-likeness (QED) is 0.319. The second-order valence-electron chi connectivity index (χ2n) is 7.66. The van der Waals surface area contributed by atoms with Crippen molar-refractivity contribution < 1.29 is 14.3 Å². The van der Waals surface area contributed by atoms with Crippen LogP contribution in [0.2, 0.25) is 5.02 Å². The number of imidazole rings is 1. The Hall–Kier alpha value is -3.51. The third kappa shape index (κ3) is 6.05. The molecule has 7 heteroatoms. The predicted octanol–water partition coefficient (Wildman–Crippen LogP) is 5.42. The van der Waals surface area contributed by atoms with Gasteiger partial charge < -0.3 is 19.4 Å². The summed E-state index contributed by atoms with van der Waals surface area (Å²) in [4.78, 5) is 17.2. The molecule has 1 atom stereocenters. The smallest absolute Gasteiger partial charge is 0.258 e. The highest BCUT2D eigenvalue weighted by Crippen LogP contribution is 2.22. The first-order valence-corrected chi connectivity index (χ1v) is 11.3. The van der Waals surface area contributed by atoms with Crippen molar-refractivity contribution in [1.29, 1.82) is 0 Å². The van der Waals surface area contributed by atoms with E-state index in [1.165, 1.54) is 0 Å². The van der Waals surface area contributed by atoms with Gasteiger partial charge in [0.2, 0.25) is 0 Å². The molecule has 1 heterocycles. The molecule has 0 saturated heterocycles. The summed E-state index contributed by atoms with van der Waals surface area (Å²) in [5, 5.41) is 3.68. The number of fused-ring (bicyclic) bond motifs is 1. The Labute approximate surface area is 198 Å². The van der Waals surface area contributed by atoms with Crippen LogP contribution in [0.3, 0.4) is 0 Å². The molecule has 0 aliphatic carbocycles. The second-order valence-corrected chi connectivity index (χ2v) is 8.09. The van der Waals surface area contributed by atoms with E-state index in [0.29, 0.717) is 23.9 Å². The highest BCUT2D eigenvalue weighted by molar-refractivity contribution is 6.30. The number of aromatic nitrogens is 2. The van der Waals surface area contributed by atoms with Gasteiger partial charge in [-0.2, -0.15) is 0 Å². The van der Waals surface area contributed by atoms with E-state index in [4.69, 9.17) is 26.1 Å². The van der Waals surface area contributed by atoms with E-state index < -0.39 is 0 Å². The van der Waals surface area contributed by atoms with Gasteiger partial charge in [-0.05, 0) is 61.9 Å². The molecule has 0 aliphatic heterocycles. The Bertz CT molecular complexity index is 1190. The number of carbonyl (C=O) groups is 1. The van der Waals surface area contributed by atoms with Gasteiger partial charge in [0.05, 0.1) is 23.7 Å². The lowest BCUT2D eigenvalue weighted by Gasteiger charge is -2.17. The first-order valence-electron chi connectivity index (χ1n) is 10.9. The minimum absolute atomic E-state index is 0.0521. The summed E-state index contributed by atoms with van der Waals surface area (Å²) in [6.45, 7) is 3.15. The number of hydrogen-bond acceptors (Lipinski definition) is 4. The molecule has 33 heavy (non-hydrogen) atoms. The molecule has 4 aromatic rings.